The Kier molecular flexibility index (Phi) is 6.07. The number of fused-ring (bicyclic) bond motifs is 1. The van der Waals surface area contributed by atoms with Crippen molar-refractivity contribution in [2.75, 3.05) is 0 Å². The molecule has 0 saturated heterocycles. The molecule has 0 aromatic heterocycles. The van der Waals surface area contributed by atoms with Crippen molar-refractivity contribution in [1.82, 2.24) is 0 Å². The molecule has 0 aliphatic heterocycles. The summed E-state index contributed by atoms with van der Waals surface area (Å²) >= 11 is 0. The first-order valence-electron chi connectivity index (χ1n) is 10.4. The van der Waals surface area contributed by atoms with Crippen LogP contribution in [0.15, 0.2) is 12.2 Å². The van der Waals surface area contributed by atoms with Crippen molar-refractivity contribution in [1.29, 1.82) is 0 Å². The van der Waals surface area contributed by atoms with E-state index in [1.54, 1.807) is 5.57 Å². The van der Waals surface area contributed by atoms with Gasteiger partial charge in [-0.3, -0.25) is 0 Å². The Morgan fingerprint density at radius 2 is 1.96 bits per heavy atom. The van der Waals surface area contributed by atoms with Gasteiger partial charge in [0.1, 0.15) is 0 Å². The Morgan fingerprint density at radius 1 is 1.26 bits per heavy atom. The summed E-state index contributed by atoms with van der Waals surface area (Å²) in [5.74, 6) is 3.66. The van der Waals surface area contributed by atoms with E-state index in [-0.39, 0.29) is 0 Å². The fraction of sp³-hybridized carbons (Fsp3) is 0.913. The van der Waals surface area contributed by atoms with Gasteiger partial charge in [0.15, 0.2) is 0 Å². The van der Waals surface area contributed by atoms with E-state index in [4.69, 9.17) is 0 Å². The van der Waals surface area contributed by atoms with Crippen molar-refractivity contribution >= 4 is 0 Å². The first-order chi connectivity index (χ1) is 10.8. The Balaban J connectivity index is 2.16. The van der Waals surface area contributed by atoms with Gasteiger partial charge in [0.2, 0.25) is 0 Å². The van der Waals surface area contributed by atoms with E-state index < -0.39 is 0 Å². The average Bonchev–Trinajstić information content (AvgIpc) is 2.81. The minimum Gasteiger partial charge on any atom is -0.0993 e. The van der Waals surface area contributed by atoms with Crippen molar-refractivity contribution in [2.45, 2.75) is 99.3 Å². The van der Waals surface area contributed by atoms with Crippen molar-refractivity contribution in [3.8, 4) is 0 Å². The van der Waals surface area contributed by atoms with Crippen LogP contribution in [0.2, 0.25) is 0 Å². The monoisotopic (exact) mass is 318 g/mol. The summed E-state index contributed by atoms with van der Waals surface area (Å²) in [6, 6.07) is 0. The Morgan fingerprint density at radius 3 is 2.57 bits per heavy atom. The SMILES string of the molecule is C=C1CCC2C(CCC)C(C(C)(C)CCC(C)CC)CCC12C. The van der Waals surface area contributed by atoms with Crippen molar-refractivity contribution in [3.63, 3.8) is 0 Å². The summed E-state index contributed by atoms with van der Waals surface area (Å²) in [5, 5.41) is 0. The lowest BCUT2D eigenvalue weighted by Crippen LogP contribution is -2.44. The third-order valence-corrected chi connectivity index (χ3v) is 8.00. The predicted molar refractivity (Wildman–Crippen MR) is 104 cm³/mol. The second-order valence-corrected chi connectivity index (χ2v) is 9.80. The van der Waals surface area contributed by atoms with Crippen LogP contribution in [0.4, 0.5) is 0 Å². The molecule has 2 fully saturated rings. The molecule has 0 aromatic carbocycles. The fourth-order valence-corrected chi connectivity index (χ4v) is 5.91. The quantitative estimate of drug-likeness (QED) is 0.423. The molecule has 134 valence electrons. The topological polar surface area (TPSA) is 0 Å². The van der Waals surface area contributed by atoms with Crippen LogP contribution in [0.3, 0.4) is 0 Å². The third-order valence-electron chi connectivity index (χ3n) is 8.00. The molecule has 0 heteroatoms. The zero-order valence-corrected chi connectivity index (χ0v) is 16.9. The van der Waals surface area contributed by atoms with E-state index in [1.807, 2.05) is 0 Å². The van der Waals surface area contributed by atoms with Crippen LogP contribution >= 0.6 is 0 Å². The van der Waals surface area contributed by atoms with Gasteiger partial charge >= 0.3 is 0 Å². The molecular weight excluding hydrogens is 276 g/mol. The van der Waals surface area contributed by atoms with Crippen LogP contribution in [0.25, 0.3) is 0 Å². The molecule has 0 bridgehead atoms. The maximum absolute atomic E-state index is 4.46. The smallest absolute Gasteiger partial charge is 0.00879 e. The van der Waals surface area contributed by atoms with E-state index in [9.17, 15) is 0 Å². The minimum absolute atomic E-state index is 0.461. The molecule has 2 saturated carbocycles. The highest BCUT2D eigenvalue weighted by Crippen LogP contribution is 2.62. The standard InChI is InChI=1S/C23H42/c1-8-10-19-20(22(5,6)15-13-17(3)9-2)14-16-23(7)18(4)11-12-21(19)23/h17,19-21H,4,8-16H2,1-3,5-7H3. The molecule has 0 spiro atoms. The maximum atomic E-state index is 4.46. The van der Waals surface area contributed by atoms with Gasteiger partial charge < -0.3 is 0 Å². The first-order valence-corrected chi connectivity index (χ1v) is 10.4. The number of rotatable bonds is 7. The van der Waals surface area contributed by atoms with Gasteiger partial charge in [0.25, 0.3) is 0 Å². The zero-order valence-electron chi connectivity index (χ0n) is 16.9. The van der Waals surface area contributed by atoms with E-state index in [2.05, 4.69) is 48.1 Å². The predicted octanol–water partition coefficient (Wildman–Crippen LogP) is 7.64. The lowest BCUT2D eigenvalue weighted by molar-refractivity contribution is -0.0137. The molecule has 2 rings (SSSR count). The van der Waals surface area contributed by atoms with Gasteiger partial charge in [-0.25, -0.2) is 0 Å². The molecule has 0 amide bonds. The Bertz CT molecular complexity index is 404. The van der Waals surface area contributed by atoms with Gasteiger partial charge in [-0.1, -0.05) is 79.4 Å². The van der Waals surface area contributed by atoms with Crippen LogP contribution in [-0.4, -0.2) is 0 Å². The molecule has 5 atom stereocenters. The summed E-state index contributed by atoms with van der Waals surface area (Å²) in [5.41, 5.74) is 2.54. The zero-order chi connectivity index (χ0) is 17.3. The lowest BCUT2D eigenvalue weighted by atomic mass is 9.53. The lowest BCUT2D eigenvalue weighted by Gasteiger charge is -2.52. The second kappa shape index (κ2) is 7.32. The highest BCUT2D eigenvalue weighted by Gasteiger charge is 2.52. The molecule has 0 heterocycles. The highest BCUT2D eigenvalue weighted by atomic mass is 14.6. The van der Waals surface area contributed by atoms with Crippen molar-refractivity contribution < 1.29 is 0 Å². The number of allylic oxidation sites excluding steroid dienone is 1. The molecule has 0 radical (unpaired) electrons. The van der Waals surface area contributed by atoms with Crippen LogP contribution in [0, 0.1) is 34.5 Å². The molecule has 0 N–H and O–H groups in total. The largest absolute Gasteiger partial charge is 0.0993 e. The van der Waals surface area contributed by atoms with Gasteiger partial charge in [0, 0.05) is 0 Å². The van der Waals surface area contributed by atoms with Crippen LogP contribution in [0.1, 0.15) is 99.3 Å². The van der Waals surface area contributed by atoms with Crippen LogP contribution < -0.4 is 0 Å². The highest BCUT2D eigenvalue weighted by molar-refractivity contribution is 5.20. The summed E-state index contributed by atoms with van der Waals surface area (Å²) in [4.78, 5) is 0. The molecule has 5 unspecified atom stereocenters. The van der Waals surface area contributed by atoms with Gasteiger partial charge in [0.05, 0.1) is 0 Å². The van der Waals surface area contributed by atoms with E-state index >= 15 is 0 Å². The first kappa shape index (κ1) is 19.1. The molecule has 0 nitrogen and oxygen atoms in total. The molecule has 23 heavy (non-hydrogen) atoms. The maximum Gasteiger partial charge on any atom is -0.00879 e. The van der Waals surface area contributed by atoms with Gasteiger partial charge in [-0.05, 0) is 66.6 Å². The minimum atomic E-state index is 0.461. The summed E-state index contributed by atoms with van der Waals surface area (Å²) < 4.78 is 0. The summed E-state index contributed by atoms with van der Waals surface area (Å²) in [6.07, 6.45) is 12.5. The summed E-state index contributed by atoms with van der Waals surface area (Å²) in [7, 11) is 0. The molecular formula is C23H42. The Hall–Kier alpha value is -0.260. The average molecular weight is 319 g/mol. The molecule has 2 aliphatic carbocycles. The molecule has 0 aromatic rings. The van der Waals surface area contributed by atoms with E-state index in [0.717, 1.165) is 23.7 Å². The number of hydrogen-bond donors (Lipinski definition) is 0. The summed E-state index contributed by atoms with van der Waals surface area (Å²) in [6.45, 7) is 19.3. The van der Waals surface area contributed by atoms with Crippen LogP contribution in [0.5, 0.6) is 0 Å². The van der Waals surface area contributed by atoms with Gasteiger partial charge in [-0.2, -0.15) is 0 Å². The van der Waals surface area contributed by atoms with Gasteiger partial charge in [-0.15, -0.1) is 0 Å². The van der Waals surface area contributed by atoms with E-state index in [0.29, 0.717) is 10.8 Å². The normalized spacial score (nSPS) is 36.1. The van der Waals surface area contributed by atoms with Crippen molar-refractivity contribution in [2.24, 2.45) is 34.5 Å². The van der Waals surface area contributed by atoms with E-state index in [1.165, 1.54) is 57.8 Å². The fourth-order valence-electron chi connectivity index (χ4n) is 5.91. The number of hydrogen-bond acceptors (Lipinski definition) is 0. The van der Waals surface area contributed by atoms with Crippen LogP contribution in [-0.2, 0) is 0 Å². The van der Waals surface area contributed by atoms with Crippen molar-refractivity contribution in [3.05, 3.63) is 12.2 Å². The third kappa shape index (κ3) is 3.72. The molecule has 2 aliphatic rings. The second-order valence-electron chi connectivity index (χ2n) is 9.80. The Labute approximate surface area is 146 Å².